The largest absolute Gasteiger partial charge is 0.309 e. The highest BCUT2D eigenvalue weighted by molar-refractivity contribution is 7.81. The van der Waals surface area contributed by atoms with Crippen molar-refractivity contribution in [3.63, 3.8) is 0 Å². The van der Waals surface area contributed by atoms with E-state index < -0.39 is 7.14 Å². The molecule has 134 valence electrons. The quantitative estimate of drug-likeness (QED) is 0.348. The van der Waals surface area contributed by atoms with Crippen molar-refractivity contribution in [3.8, 4) is 11.1 Å². The molecule has 0 saturated heterocycles. The molecule has 28 heavy (non-hydrogen) atoms. The van der Waals surface area contributed by atoms with Crippen molar-refractivity contribution in [1.82, 2.24) is 0 Å². The average molecular weight is 378 g/mol. The minimum atomic E-state index is -2.95. The van der Waals surface area contributed by atoms with Gasteiger partial charge in [0, 0.05) is 10.6 Å². The minimum absolute atomic E-state index is 0.857. The van der Waals surface area contributed by atoms with Crippen molar-refractivity contribution in [2.75, 3.05) is 0 Å². The van der Waals surface area contributed by atoms with Crippen LogP contribution in [-0.4, -0.2) is 0 Å². The van der Waals surface area contributed by atoms with E-state index in [9.17, 15) is 4.57 Å². The Hall–Kier alpha value is -3.15. The maximum absolute atomic E-state index is 14.5. The van der Waals surface area contributed by atoms with Crippen LogP contribution in [0.15, 0.2) is 115 Å². The maximum Gasteiger partial charge on any atom is 0.164 e. The van der Waals surface area contributed by atoms with Crippen molar-refractivity contribution < 1.29 is 4.57 Å². The topological polar surface area (TPSA) is 17.1 Å². The van der Waals surface area contributed by atoms with E-state index in [0.29, 0.717) is 0 Å². The van der Waals surface area contributed by atoms with E-state index >= 15 is 0 Å². The molecule has 0 amide bonds. The lowest BCUT2D eigenvalue weighted by molar-refractivity contribution is 0.592. The second kappa shape index (κ2) is 6.78. The van der Waals surface area contributed by atoms with Crippen molar-refractivity contribution in [2.45, 2.75) is 0 Å². The van der Waals surface area contributed by atoms with Crippen LogP contribution >= 0.6 is 7.14 Å². The fraction of sp³-hybridized carbons (Fsp3) is 0. The molecule has 4 aromatic carbocycles. The summed E-state index contributed by atoms with van der Waals surface area (Å²) < 4.78 is 14.5. The van der Waals surface area contributed by atoms with E-state index in [1.54, 1.807) is 0 Å². The van der Waals surface area contributed by atoms with Gasteiger partial charge in [-0.15, -0.1) is 0 Å². The number of rotatable bonds is 3. The molecule has 0 saturated carbocycles. The van der Waals surface area contributed by atoms with Gasteiger partial charge in [-0.3, -0.25) is 0 Å². The van der Waals surface area contributed by atoms with Crippen molar-refractivity contribution in [1.29, 1.82) is 0 Å². The van der Waals surface area contributed by atoms with E-state index in [1.807, 2.05) is 66.5 Å². The molecule has 0 bridgehead atoms. The van der Waals surface area contributed by atoms with Crippen LogP contribution < -0.4 is 10.6 Å². The van der Waals surface area contributed by atoms with Crippen LogP contribution in [0.4, 0.5) is 0 Å². The fourth-order valence-corrected chi connectivity index (χ4v) is 6.44. The molecule has 0 radical (unpaired) electrons. The molecule has 1 nitrogen and oxygen atoms in total. The first kappa shape index (κ1) is 17.0. The Bertz CT molecular complexity index is 1130. The zero-order valence-electron chi connectivity index (χ0n) is 15.3. The molecule has 1 aliphatic rings. The van der Waals surface area contributed by atoms with Crippen LogP contribution in [0.5, 0.6) is 0 Å². The van der Waals surface area contributed by atoms with Crippen LogP contribution in [0.1, 0.15) is 11.1 Å². The summed E-state index contributed by atoms with van der Waals surface area (Å²) in [6.45, 7) is 0. The maximum atomic E-state index is 14.5. The van der Waals surface area contributed by atoms with Crippen LogP contribution in [-0.2, 0) is 4.57 Å². The Balaban J connectivity index is 1.81. The Morgan fingerprint density at radius 3 is 1.25 bits per heavy atom. The van der Waals surface area contributed by atoms with Gasteiger partial charge in [-0.05, 0) is 33.6 Å². The van der Waals surface area contributed by atoms with Gasteiger partial charge in [-0.2, -0.15) is 0 Å². The second-order valence-electron chi connectivity index (χ2n) is 6.96. The second-order valence-corrected chi connectivity index (χ2v) is 9.57. The van der Waals surface area contributed by atoms with E-state index in [-0.39, 0.29) is 0 Å². The van der Waals surface area contributed by atoms with Gasteiger partial charge >= 0.3 is 0 Å². The lowest BCUT2D eigenvalue weighted by Crippen LogP contribution is -2.14. The molecule has 0 aliphatic heterocycles. The summed E-state index contributed by atoms with van der Waals surface area (Å²) in [4.78, 5) is 0. The molecule has 0 N–H and O–H groups in total. The molecule has 0 unspecified atom stereocenters. The predicted molar refractivity (Wildman–Crippen MR) is 119 cm³/mol. The lowest BCUT2D eigenvalue weighted by Gasteiger charge is -2.17. The molecular weight excluding hydrogens is 359 g/mol. The zero-order valence-corrected chi connectivity index (χ0v) is 16.2. The summed E-state index contributed by atoms with van der Waals surface area (Å²) in [6, 6.07) is 36.4. The first-order valence-corrected chi connectivity index (χ1v) is 11.2. The van der Waals surface area contributed by atoms with E-state index in [4.69, 9.17) is 0 Å². The average Bonchev–Trinajstić information content (AvgIpc) is 3.09. The molecule has 2 heteroatoms. The molecule has 5 rings (SSSR count). The summed E-state index contributed by atoms with van der Waals surface area (Å²) in [6.07, 6.45) is 0. The Morgan fingerprint density at radius 2 is 0.821 bits per heavy atom. The van der Waals surface area contributed by atoms with Gasteiger partial charge in [0.15, 0.2) is 7.14 Å². The van der Waals surface area contributed by atoms with E-state index in [2.05, 4.69) is 48.5 Å². The SMILES string of the molecule is O=P(C=C1c2ccccc2-c2ccccc21)(c1ccccc1)c1ccccc1. The van der Waals surface area contributed by atoms with Crippen LogP contribution in [0, 0.1) is 0 Å². The highest BCUT2D eigenvalue weighted by atomic mass is 31.2. The van der Waals surface area contributed by atoms with E-state index in [0.717, 1.165) is 27.3 Å². The minimum Gasteiger partial charge on any atom is -0.309 e. The van der Waals surface area contributed by atoms with Crippen LogP contribution in [0.25, 0.3) is 16.7 Å². The lowest BCUT2D eigenvalue weighted by atomic mass is 10.1. The number of fused-ring (bicyclic) bond motifs is 3. The van der Waals surface area contributed by atoms with Gasteiger partial charge < -0.3 is 4.57 Å². The third-order valence-corrected chi connectivity index (χ3v) is 8.07. The van der Waals surface area contributed by atoms with Gasteiger partial charge in [0.2, 0.25) is 0 Å². The monoisotopic (exact) mass is 378 g/mol. The molecule has 4 aromatic rings. The molecule has 1 aliphatic carbocycles. The number of benzene rings is 4. The first-order chi connectivity index (χ1) is 13.8. The van der Waals surface area contributed by atoms with Gasteiger partial charge in [-0.1, -0.05) is 109 Å². The third kappa shape index (κ3) is 2.68. The number of hydrogen-bond donors (Lipinski definition) is 0. The van der Waals surface area contributed by atoms with Gasteiger partial charge in [0.25, 0.3) is 0 Å². The third-order valence-electron chi connectivity index (χ3n) is 5.32. The highest BCUT2D eigenvalue weighted by Gasteiger charge is 2.29. The highest BCUT2D eigenvalue weighted by Crippen LogP contribution is 2.52. The number of hydrogen-bond acceptors (Lipinski definition) is 1. The van der Waals surface area contributed by atoms with Crippen molar-refractivity contribution in [3.05, 3.63) is 126 Å². The predicted octanol–water partition coefficient (Wildman–Crippen LogP) is 6.07. The van der Waals surface area contributed by atoms with Gasteiger partial charge in [0.05, 0.1) is 0 Å². The molecule has 0 spiro atoms. The smallest absolute Gasteiger partial charge is 0.164 e. The molecule has 0 heterocycles. The summed E-state index contributed by atoms with van der Waals surface area (Å²) in [5.41, 5.74) is 5.77. The molecule has 0 aromatic heterocycles. The summed E-state index contributed by atoms with van der Waals surface area (Å²) in [7, 11) is -2.95. The van der Waals surface area contributed by atoms with Gasteiger partial charge in [-0.25, -0.2) is 0 Å². The van der Waals surface area contributed by atoms with Crippen molar-refractivity contribution in [2.24, 2.45) is 0 Å². The summed E-state index contributed by atoms with van der Waals surface area (Å²) in [5.74, 6) is 2.02. The Morgan fingerprint density at radius 1 is 0.464 bits per heavy atom. The molecule has 0 fully saturated rings. The zero-order chi connectivity index (χ0) is 19.0. The molecular formula is C26H19OP. The fourth-order valence-electron chi connectivity index (χ4n) is 3.97. The summed E-state index contributed by atoms with van der Waals surface area (Å²) in [5, 5.41) is 1.71. The summed E-state index contributed by atoms with van der Waals surface area (Å²) >= 11 is 0. The Kier molecular flexibility index (Phi) is 4.11. The van der Waals surface area contributed by atoms with Gasteiger partial charge in [0.1, 0.15) is 0 Å². The molecule has 0 atom stereocenters. The van der Waals surface area contributed by atoms with Crippen LogP contribution in [0.3, 0.4) is 0 Å². The van der Waals surface area contributed by atoms with Crippen LogP contribution in [0.2, 0.25) is 0 Å². The Labute approximate surface area is 165 Å². The standard InChI is InChI=1S/C26H19OP/c27-28(20-11-3-1-4-12-20,21-13-5-2-6-14-21)19-26-24-17-9-7-15-22(24)23-16-8-10-18-25(23)26/h1-19H. The van der Waals surface area contributed by atoms with E-state index in [1.165, 1.54) is 11.1 Å². The first-order valence-electron chi connectivity index (χ1n) is 9.40. The normalized spacial score (nSPS) is 12.4. The van der Waals surface area contributed by atoms with Crippen molar-refractivity contribution >= 4 is 23.3 Å².